The predicted molar refractivity (Wildman–Crippen MR) is 96.7 cm³/mol. The van der Waals surface area contributed by atoms with Crippen molar-refractivity contribution >= 4 is 11.9 Å². The Kier molecular flexibility index (Phi) is 37.6. The number of aliphatic carboxylic acids is 1. The summed E-state index contributed by atoms with van der Waals surface area (Å²) < 4.78 is 4.49. The van der Waals surface area contributed by atoms with Gasteiger partial charge in [0.1, 0.15) is 0 Å². The van der Waals surface area contributed by atoms with Crippen molar-refractivity contribution in [2.75, 3.05) is 6.61 Å². The third-order valence-electron chi connectivity index (χ3n) is 2.76. The molecule has 0 rings (SSSR count). The average Bonchev–Trinajstić information content (AvgIpc) is 2.50. The summed E-state index contributed by atoms with van der Waals surface area (Å²) in [6, 6.07) is 0. The lowest BCUT2D eigenvalue weighted by atomic mass is 10.2. The monoisotopic (exact) mass is 336 g/mol. The number of carbonyl (C=O) groups is 2. The fraction of sp³-hybridized carbons (Fsp3) is 0.889. The van der Waals surface area contributed by atoms with Gasteiger partial charge in [-0.15, -0.1) is 0 Å². The van der Waals surface area contributed by atoms with Crippen molar-refractivity contribution in [2.45, 2.75) is 98.8 Å². The summed E-state index contributed by atoms with van der Waals surface area (Å²) in [5.41, 5.74) is 0. The molecule has 5 nitrogen and oxygen atoms in total. The number of rotatable bonds is 10. The number of ether oxygens (including phenoxy) is 1. The summed E-state index contributed by atoms with van der Waals surface area (Å²) in [4.78, 5) is 20.4. The molecule has 0 fully saturated rings. The minimum atomic E-state index is -0.979. The van der Waals surface area contributed by atoms with E-state index in [0.29, 0.717) is 6.61 Å². The molecule has 0 aliphatic carbocycles. The van der Waals surface area contributed by atoms with Crippen LogP contribution in [0.25, 0.3) is 0 Å². The first-order valence-corrected chi connectivity index (χ1v) is 8.87. The first-order valence-electron chi connectivity index (χ1n) is 8.87. The van der Waals surface area contributed by atoms with Crippen LogP contribution in [0.5, 0.6) is 0 Å². The second-order valence-corrected chi connectivity index (χ2v) is 5.11. The van der Waals surface area contributed by atoms with E-state index in [-0.39, 0.29) is 18.3 Å². The van der Waals surface area contributed by atoms with Gasteiger partial charge in [0.2, 0.25) is 0 Å². The maximum atomic E-state index is 10.5. The molecule has 0 radical (unpaired) electrons. The van der Waals surface area contributed by atoms with Gasteiger partial charge in [-0.2, -0.15) is 0 Å². The topological polar surface area (TPSA) is 95.1 Å². The number of carboxylic acid groups (broad SMARTS) is 1. The van der Waals surface area contributed by atoms with E-state index in [1.54, 1.807) is 6.92 Å². The maximum Gasteiger partial charge on any atom is 0.306 e. The molecule has 5 heteroatoms. The van der Waals surface area contributed by atoms with Crippen LogP contribution in [-0.4, -0.2) is 29.1 Å². The summed E-state index contributed by atoms with van der Waals surface area (Å²) in [5.74, 6) is -1.43. The SMILES string of the molecule is CCCCCC.CCCCCC.CCOC(=O)CCC(=O)O.O. The van der Waals surface area contributed by atoms with Crippen LogP contribution in [0.1, 0.15) is 98.8 Å². The smallest absolute Gasteiger partial charge is 0.306 e. The van der Waals surface area contributed by atoms with Gasteiger partial charge in [-0.3, -0.25) is 9.59 Å². The van der Waals surface area contributed by atoms with Gasteiger partial charge in [0, 0.05) is 0 Å². The Labute approximate surface area is 143 Å². The summed E-state index contributed by atoms with van der Waals surface area (Å²) in [7, 11) is 0. The first-order chi connectivity index (χ1) is 10.5. The van der Waals surface area contributed by atoms with E-state index in [0.717, 1.165) is 0 Å². The number of carbonyl (C=O) groups excluding carboxylic acids is 1. The average molecular weight is 337 g/mol. The molecular formula is C18H40O5. The van der Waals surface area contributed by atoms with Crippen LogP contribution in [0.2, 0.25) is 0 Å². The molecule has 0 aromatic rings. The highest BCUT2D eigenvalue weighted by Crippen LogP contribution is 1.96. The van der Waals surface area contributed by atoms with Crippen LogP contribution < -0.4 is 0 Å². The van der Waals surface area contributed by atoms with Gasteiger partial charge in [0.25, 0.3) is 0 Å². The molecule has 0 atom stereocenters. The predicted octanol–water partition coefficient (Wildman–Crippen LogP) is 4.76. The van der Waals surface area contributed by atoms with E-state index in [9.17, 15) is 9.59 Å². The Morgan fingerprint density at radius 2 is 1.09 bits per heavy atom. The summed E-state index contributed by atoms with van der Waals surface area (Å²) >= 11 is 0. The van der Waals surface area contributed by atoms with E-state index in [1.807, 2.05) is 0 Å². The molecule has 0 aromatic heterocycles. The number of carboxylic acids is 1. The van der Waals surface area contributed by atoms with Crippen molar-refractivity contribution < 1.29 is 24.9 Å². The van der Waals surface area contributed by atoms with E-state index < -0.39 is 11.9 Å². The molecule has 23 heavy (non-hydrogen) atoms. The molecule has 0 saturated heterocycles. The zero-order chi connectivity index (χ0) is 17.6. The summed E-state index contributed by atoms with van der Waals surface area (Å²) in [6.45, 7) is 10.9. The van der Waals surface area contributed by atoms with Crippen LogP contribution in [0.3, 0.4) is 0 Å². The zero-order valence-electron chi connectivity index (χ0n) is 16.0. The molecule has 142 valence electrons. The summed E-state index contributed by atoms with van der Waals surface area (Å²) in [6.07, 6.45) is 10.9. The second kappa shape index (κ2) is 29.0. The third-order valence-corrected chi connectivity index (χ3v) is 2.76. The van der Waals surface area contributed by atoms with Gasteiger partial charge in [0.15, 0.2) is 0 Å². The molecule has 0 bridgehead atoms. The van der Waals surface area contributed by atoms with E-state index in [2.05, 4.69) is 32.4 Å². The highest BCUT2D eigenvalue weighted by atomic mass is 16.5. The first kappa shape index (κ1) is 29.9. The largest absolute Gasteiger partial charge is 0.481 e. The van der Waals surface area contributed by atoms with Gasteiger partial charge >= 0.3 is 11.9 Å². The Balaban J connectivity index is -0.000000122. The van der Waals surface area contributed by atoms with Gasteiger partial charge in [-0.25, -0.2) is 0 Å². The van der Waals surface area contributed by atoms with E-state index >= 15 is 0 Å². The minimum absolute atomic E-state index is 0. The van der Waals surface area contributed by atoms with Crippen LogP contribution in [0.4, 0.5) is 0 Å². The number of unbranched alkanes of at least 4 members (excludes halogenated alkanes) is 6. The second-order valence-electron chi connectivity index (χ2n) is 5.11. The Hall–Kier alpha value is -1.10. The molecular weight excluding hydrogens is 296 g/mol. The molecule has 0 heterocycles. The quantitative estimate of drug-likeness (QED) is 0.459. The molecule has 0 aliphatic rings. The van der Waals surface area contributed by atoms with Crippen LogP contribution in [0, 0.1) is 0 Å². The van der Waals surface area contributed by atoms with Crippen molar-refractivity contribution in [3.05, 3.63) is 0 Å². The van der Waals surface area contributed by atoms with Crippen molar-refractivity contribution in [3.8, 4) is 0 Å². The van der Waals surface area contributed by atoms with Crippen molar-refractivity contribution in [2.24, 2.45) is 0 Å². The third kappa shape index (κ3) is 44.9. The van der Waals surface area contributed by atoms with Gasteiger partial charge < -0.3 is 15.3 Å². The number of esters is 1. The number of hydrogen-bond donors (Lipinski definition) is 1. The summed E-state index contributed by atoms with van der Waals surface area (Å²) in [5, 5.41) is 8.12. The fourth-order valence-corrected chi connectivity index (χ4v) is 1.44. The normalized spacial score (nSPS) is 8.57. The van der Waals surface area contributed by atoms with E-state index in [1.165, 1.54) is 51.4 Å². The van der Waals surface area contributed by atoms with E-state index in [4.69, 9.17) is 5.11 Å². The fourth-order valence-electron chi connectivity index (χ4n) is 1.44. The Morgan fingerprint density at radius 3 is 1.30 bits per heavy atom. The van der Waals surface area contributed by atoms with Crippen molar-refractivity contribution in [3.63, 3.8) is 0 Å². The number of hydrogen-bond acceptors (Lipinski definition) is 3. The molecule has 0 aromatic carbocycles. The van der Waals surface area contributed by atoms with Crippen molar-refractivity contribution in [1.82, 2.24) is 0 Å². The van der Waals surface area contributed by atoms with Gasteiger partial charge in [-0.1, -0.05) is 79.1 Å². The van der Waals surface area contributed by atoms with Crippen molar-refractivity contribution in [1.29, 1.82) is 0 Å². The van der Waals surface area contributed by atoms with Crippen LogP contribution in [0.15, 0.2) is 0 Å². The Morgan fingerprint density at radius 1 is 0.739 bits per heavy atom. The van der Waals surface area contributed by atoms with Crippen LogP contribution >= 0.6 is 0 Å². The molecule has 0 amide bonds. The highest BCUT2D eigenvalue weighted by Gasteiger charge is 2.04. The maximum absolute atomic E-state index is 10.5. The molecule has 0 aliphatic heterocycles. The van der Waals surface area contributed by atoms with Crippen LogP contribution in [-0.2, 0) is 14.3 Å². The standard InChI is InChI=1S/C6H10O4.2C6H14.H2O/c1-2-10-6(9)4-3-5(7)8;2*1-3-5-6-4-2;/h2-4H2,1H3,(H,7,8);2*3-6H2,1-2H3;1H2. The Bertz CT molecular complexity index is 213. The lowest BCUT2D eigenvalue weighted by molar-refractivity contribution is -0.147. The molecule has 3 N–H and O–H groups in total. The lowest BCUT2D eigenvalue weighted by Gasteiger charge is -1.97. The zero-order valence-corrected chi connectivity index (χ0v) is 16.0. The molecule has 0 saturated carbocycles. The lowest BCUT2D eigenvalue weighted by Crippen LogP contribution is -2.06. The minimum Gasteiger partial charge on any atom is -0.481 e. The van der Waals surface area contributed by atoms with Gasteiger partial charge in [0.05, 0.1) is 19.4 Å². The van der Waals surface area contributed by atoms with Gasteiger partial charge in [-0.05, 0) is 6.92 Å². The highest BCUT2D eigenvalue weighted by molar-refractivity contribution is 5.76. The molecule has 0 unspecified atom stereocenters. The molecule has 0 spiro atoms.